The minimum absolute atomic E-state index is 0.0750. The van der Waals surface area contributed by atoms with E-state index in [1.54, 1.807) is 6.07 Å². The Morgan fingerprint density at radius 3 is 2.61 bits per heavy atom. The summed E-state index contributed by atoms with van der Waals surface area (Å²) in [7, 11) is 0. The molecule has 18 heavy (non-hydrogen) atoms. The maximum Gasteiger partial charge on any atom is 0.163 e. The number of halogens is 4. The van der Waals surface area contributed by atoms with Gasteiger partial charge in [0, 0.05) is 16.6 Å². The molecule has 0 aliphatic heterocycles. The van der Waals surface area contributed by atoms with E-state index >= 15 is 0 Å². The van der Waals surface area contributed by atoms with Crippen molar-refractivity contribution in [3.05, 3.63) is 63.9 Å². The molecule has 1 nitrogen and oxygen atoms in total. The minimum atomic E-state index is -0.896. The lowest BCUT2D eigenvalue weighted by Crippen LogP contribution is -2.04. The van der Waals surface area contributed by atoms with Crippen LogP contribution in [0.4, 0.5) is 18.9 Å². The smallest absolute Gasteiger partial charge is 0.163 e. The average Bonchev–Trinajstić information content (AvgIpc) is 2.35. The van der Waals surface area contributed by atoms with Gasteiger partial charge in [-0.3, -0.25) is 0 Å². The monoisotopic (exact) mass is 315 g/mol. The van der Waals surface area contributed by atoms with Gasteiger partial charge in [0.25, 0.3) is 0 Å². The van der Waals surface area contributed by atoms with E-state index in [2.05, 4.69) is 21.2 Å². The third kappa shape index (κ3) is 2.85. The van der Waals surface area contributed by atoms with Crippen molar-refractivity contribution in [2.24, 2.45) is 0 Å². The van der Waals surface area contributed by atoms with Crippen LogP contribution in [0.1, 0.15) is 5.56 Å². The van der Waals surface area contributed by atoms with Crippen LogP contribution in [-0.2, 0) is 6.54 Å². The predicted molar refractivity (Wildman–Crippen MR) is 67.8 cm³/mol. The van der Waals surface area contributed by atoms with Crippen LogP contribution in [0.5, 0.6) is 0 Å². The maximum absolute atomic E-state index is 13.4. The van der Waals surface area contributed by atoms with Crippen LogP contribution < -0.4 is 5.32 Å². The number of nitrogens with one attached hydrogen (secondary N) is 1. The molecule has 0 saturated heterocycles. The molecule has 0 atom stereocenters. The van der Waals surface area contributed by atoms with Gasteiger partial charge in [-0.25, -0.2) is 13.2 Å². The van der Waals surface area contributed by atoms with Gasteiger partial charge in [-0.1, -0.05) is 12.1 Å². The first-order chi connectivity index (χ1) is 8.58. The Morgan fingerprint density at radius 2 is 1.83 bits per heavy atom. The van der Waals surface area contributed by atoms with Gasteiger partial charge in [0.2, 0.25) is 0 Å². The highest BCUT2D eigenvalue weighted by molar-refractivity contribution is 9.10. The molecule has 1 N–H and O–H groups in total. The highest BCUT2D eigenvalue weighted by atomic mass is 79.9. The van der Waals surface area contributed by atoms with Gasteiger partial charge in [0.05, 0.1) is 5.69 Å². The number of benzene rings is 2. The van der Waals surface area contributed by atoms with E-state index in [1.165, 1.54) is 24.3 Å². The number of hydrogen-bond acceptors (Lipinski definition) is 1. The van der Waals surface area contributed by atoms with Crippen molar-refractivity contribution in [3.63, 3.8) is 0 Å². The normalized spacial score (nSPS) is 10.4. The van der Waals surface area contributed by atoms with Crippen LogP contribution >= 0.6 is 15.9 Å². The zero-order chi connectivity index (χ0) is 13.1. The summed E-state index contributed by atoms with van der Waals surface area (Å²) in [6.07, 6.45) is 0. The molecule has 0 radical (unpaired) electrons. The van der Waals surface area contributed by atoms with Crippen molar-refractivity contribution in [3.8, 4) is 0 Å². The Hall–Kier alpha value is -1.49. The molecule has 0 saturated carbocycles. The zero-order valence-corrected chi connectivity index (χ0v) is 10.8. The molecular formula is C13H9BrF3N. The van der Waals surface area contributed by atoms with E-state index in [-0.39, 0.29) is 12.1 Å². The summed E-state index contributed by atoms with van der Waals surface area (Å²) in [6, 6.07) is 8.07. The first kappa shape index (κ1) is 13.0. The molecule has 0 fully saturated rings. The fraction of sp³-hybridized carbons (Fsp3) is 0.0769. The highest BCUT2D eigenvalue weighted by Gasteiger charge is 2.08. The van der Waals surface area contributed by atoms with Crippen molar-refractivity contribution < 1.29 is 13.2 Å². The van der Waals surface area contributed by atoms with Crippen molar-refractivity contribution in [2.75, 3.05) is 5.32 Å². The Balaban J connectivity index is 2.16. The topological polar surface area (TPSA) is 12.0 Å². The predicted octanol–water partition coefficient (Wildman–Crippen LogP) is 4.48. The average molecular weight is 316 g/mol. The van der Waals surface area contributed by atoms with Crippen LogP contribution in [0.3, 0.4) is 0 Å². The highest BCUT2D eigenvalue weighted by Crippen LogP contribution is 2.24. The SMILES string of the molecule is Fc1ccc(Br)c(NCc2cccc(F)c2F)c1. The number of anilines is 1. The van der Waals surface area contributed by atoms with Crippen molar-refractivity contribution in [1.29, 1.82) is 0 Å². The molecule has 5 heteroatoms. The van der Waals surface area contributed by atoms with E-state index in [0.29, 0.717) is 10.2 Å². The second kappa shape index (κ2) is 5.44. The Morgan fingerprint density at radius 1 is 1.06 bits per heavy atom. The van der Waals surface area contributed by atoms with Gasteiger partial charge in [-0.05, 0) is 40.2 Å². The first-order valence-corrected chi connectivity index (χ1v) is 5.99. The van der Waals surface area contributed by atoms with Crippen molar-refractivity contribution >= 4 is 21.6 Å². The summed E-state index contributed by atoms with van der Waals surface area (Å²) in [5.41, 5.74) is 0.671. The molecule has 2 rings (SSSR count). The molecule has 2 aromatic carbocycles. The van der Waals surface area contributed by atoms with Gasteiger partial charge in [0.1, 0.15) is 5.82 Å². The summed E-state index contributed by atoms with van der Waals surface area (Å²) >= 11 is 3.24. The third-order valence-corrected chi connectivity index (χ3v) is 3.12. The largest absolute Gasteiger partial charge is 0.380 e. The Bertz CT molecular complexity index is 570. The van der Waals surface area contributed by atoms with Crippen LogP contribution in [0.25, 0.3) is 0 Å². The van der Waals surface area contributed by atoms with E-state index in [4.69, 9.17) is 0 Å². The fourth-order valence-corrected chi connectivity index (χ4v) is 1.90. The van der Waals surface area contributed by atoms with E-state index < -0.39 is 17.5 Å². The molecule has 0 spiro atoms. The van der Waals surface area contributed by atoms with Crippen molar-refractivity contribution in [1.82, 2.24) is 0 Å². The molecule has 0 heterocycles. The Kier molecular flexibility index (Phi) is 3.91. The lowest BCUT2D eigenvalue weighted by Gasteiger charge is -2.09. The van der Waals surface area contributed by atoms with Gasteiger partial charge in [-0.15, -0.1) is 0 Å². The molecule has 0 bridgehead atoms. The van der Waals surface area contributed by atoms with Gasteiger partial charge >= 0.3 is 0 Å². The van der Waals surface area contributed by atoms with Gasteiger partial charge in [-0.2, -0.15) is 0 Å². The fourth-order valence-electron chi connectivity index (χ4n) is 1.51. The standard InChI is InChI=1S/C13H9BrF3N/c14-10-5-4-9(15)6-12(10)18-7-8-2-1-3-11(16)13(8)17/h1-6,18H,7H2. The Labute approximate surface area is 111 Å². The summed E-state index contributed by atoms with van der Waals surface area (Å²) in [5.74, 6) is -2.19. The van der Waals surface area contributed by atoms with Crippen molar-refractivity contribution in [2.45, 2.75) is 6.54 Å². The van der Waals surface area contributed by atoms with Gasteiger partial charge < -0.3 is 5.32 Å². The molecule has 0 aliphatic carbocycles. The van der Waals surface area contributed by atoms with E-state index in [0.717, 1.165) is 6.07 Å². The summed E-state index contributed by atoms with van der Waals surface area (Å²) in [4.78, 5) is 0. The van der Waals surface area contributed by atoms with Crippen LogP contribution in [0.2, 0.25) is 0 Å². The number of hydrogen-bond donors (Lipinski definition) is 1. The van der Waals surface area contributed by atoms with Gasteiger partial charge in [0.15, 0.2) is 11.6 Å². The maximum atomic E-state index is 13.4. The minimum Gasteiger partial charge on any atom is -0.380 e. The first-order valence-electron chi connectivity index (χ1n) is 5.20. The molecule has 0 amide bonds. The molecule has 2 aromatic rings. The molecule has 0 aromatic heterocycles. The zero-order valence-electron chi connectivity index (χ0n) is 9.18. The molecular weight excluding hydrogens is 307 g/mol. The van der Waals surface area contributed by atoms with Crippen LogP contribution in [0.15, 0.2) is 40.9 Å². The second-order valence-electron chi connectivity index (χ2n) is 3.69. The van der Waals surface area contributed by atoms with Crippen LogP contribution in [-0.4, -0.2) is 0 Å². The lowest BCUT2D eigenvalue weighted by molar-refractivity contribution is 0.500. The summed E-state index contributed by atoms with van der Waals surface area (Å²) in [5, 5.41) is 2.84. The van der Waals surface area contributed by atoms with E-state index in [9.17, 15) is 13.2 Å². The summed E-state index contributed by atoms with van der Waals surface area (Å²) < 4.78 is 40.0. The molecule has 0 unspecified atom stereocenters. The second-order valence-corrected chi connectivity index (χ2v) is 4.55. The quantitative estimate of drug-likeness (QED) is 0.880. The number of rotatable bonds is 3. The molecule has 0 aliphatic rings. The summed E-state index contributed by atoms with van der Waals surface area (Å²) in [6.45, 7) is 0.0750. The lowest BCUT2D eigenvalue weighted by atomic mass is 10.2. The third-order valence-electron chi connectivity index (χ3n) is 2.43. The molecule has 94 valence electrons. The van der Waals surface area contributed by atoms with Crippen LogP contribution in [0, 0.1) is 17.5 Å². The van der Waals surface area contributed by atoms with E-state index in [1.807, 2.05) is 0 Å².